The molecule has 0 radical (unpaired) electrons. The van der Waals surface area contributed by atoms with Crippen LogP contribution in [0.25, 0.3) is 0 Å². The Labute approximate surface area is 265 Å². The second-order valence-corrected chi connectivity index (χ2v) is 9.83. The van der Waals surface area contributed by atoms with E-state index in [9.17, 15) is 29.4 Å². The van der Waals surface area contributed by atoms with Crippen LogP contribution in [0, 0.1) is 0 Å². The molecular weight excluding hydrogens is 592 g/mol. The zero-order valence-electron chi connectivity index (χ0n) is 25.4. The minimum atomic E-state index is -2.06. The van der Waals surface area contributed by atoms with Gasteiger partial charge < -0.3 is 19.7 Å². The molecule has 0 saturated carbocycles. The Bertz CT molecular complexity index is 1700. The first kappa shape index (κ1) is 34.5. The van der Waals surface area contributed by atoms with Gasteiger partial charge in [0.25, 0.3) is 5.60 Å². The van der Waals surface area contributed by atoms with Crippen molar-refractivity contribution in [2.24, 2.45) is 0 Å². The van der Waals surface area contributed by atoms with E-state index < -0.39 is 29.1 Å². The van der Waals surface area contributed by atoms with Gasteiger partial charge in [0.15, 0.2) is 5.78 Å². The van der Waals surface area contributed by atoms with E-state index in [2.05, 4.69) is 17.9 Å². The fourth-order valence-electron chi connectivity index (χ4n) is 3.98. The van der Waals surface area contributed by atoms with Gasteiger partial charge in [-0.2, -0.15) is 4.89 Å². The predicted octanol–water partition coefficient (Wildman–Crippen LogP) is 5.96. The second-order valence-electron chi connectivity index (χ2n) is 9.83. The average Bonchev–Trinajstić information content (AvgIpc) is 3.05. The molecule has 10 heteroatoms. The molecule has 0 heterocycles. The molecule has 236 valence electrons. The van der Waals surface area contributed by atoms with Crippen molar-refractivity contribution in [3.63, 3.8) is 0 Å². The summed E-state index contributed by atoms with van der Waals surface area (Å²) in [7, 11) is 1.33. The molecule has 10 nitrogen and oxygen atoms in total. The summed E-state index contributed by atoms with van der Waals surface area (Å²) in [6, 6.07) is 26.2. The number of rotatable bonds is 10. The summed E-state index contributed by atoms with van der Waals surface area (Å²) in [5, 5.41) is 20.6. The molecule has 0 saturated heterocycles. The van der Waals surface area contributed by atoms with Gasteiger partial charge in [-0.25, -0.2) is 14.4 Å². The number of para-hydroxylation sites is 1. The Morgan fingerprint density at radius 3 is 1.61 bits per heavy atom. The number of phenols is 2. The van der Waals surface area contributed by atoms with Crippen molar-refractivity contribution in [2.75, 3.05) is 7.11 Å². The van der Waals surface area contributed by atoms with Crippen LogP contribution in [0.4, 0.5) is 0 Å². The number of ether oxygens (including phenoxy) is 2. The van der Waals surface area contributed by atoms with Gasteiger partial charge in [-0.3, -0.25) is 9.68 Å². The Morgan fingerprint density at radius 2 is 1.15 bits per heavy atom. The molecule has 0 aromatic heterocycles. The summed E-state index contributed by atoms with van der Waals surface area (Å²) in [6.07, 6.45) is 0. The lowest BCUT2D eigenvalue weighted by Crippen LogP contribution is -2.43. The standard InChI is InChI=1S/C31H24O8.C5H8O2/c1-20(2)29(35)38-39-31(21-11-5-3-6-12-21,22-13-7-4-8-14-22)30(36)37-23-17-18-25(27(33)19-23)28(34)24-15-9-10-16-26(24)32;1-4(2)5(6)7-3/h3-19,32-33H,1H2,2H3;1H2,2-3H3. The van der Waals surface area contributed by atoms with Gasteiger partial charge in [-0.05, 0) is 38.1 Å². The molecule has 4 aromatic carbocycles. The van der Waals surface area contributed by atoms with Gasteiger partial charge in [0.2, 0.25) is 0 Å². The first-order valence-corrected chi connectivity index (χ1v) is 13.7. The predicted molar refractivity (Wildman–Crippen MR) is 168 cm³/mol. The summed E-state index contributed by atoms with van der Waals surface area (Å²) in [4.78, 5) is 59.8. The van der Waals surface area contributed by atoms with Crippen molar-refractivity contribution in [1.29, 1.82) is 0 Å². The smallest absolute Gasteiger partial charge is 0.368 e. The summed E-state index contributed by atoms with van der Waals surface area (Å²) in [5.41, 5.74) is -1.10. The molecule has 0 amide bonds. The van der Waals surface area contributed by atoms with Crippen LogP contribution < -0.4 is 4.74 Å². The van der Waals surface area contributed by atoms with E-state index in [1.165, 1.54) is 38.3 Å². The number of benzene rings is 4. The number of carbonyl (C=O) groups is 4. The maximum Gasteiger partial charge on any atom is 0.368 e. The van der Waals surface area contributed by atoms with E-state index in [1.54, 1.807) is 79.7 Å². The van der Waals surface area contributed by atoms with Crippen LogP contribution in [0.1, 0.15) is 40.9 Å². The van der Waals surface area contributed by atoms with E-state index in [1.807, 2.05) is 0 Å². The molecule has 0 fully saturated rings. The van der Waals surface area contributed by atoms with Crippen LogP contribution in [-0.4, -0.2) is 41.0 Å². The summed E-state index contributed by atoms with van der Waals surface area (Å²) in [6.45, 7) is 9.91. The third kappa shape index (κ3) is 8.13. The third-order valence-electron chi connectivity index (χ3n) is 6.35. The topological polar surface area (TPSA) is 146 Å². The minimum absolute atomic E-state index is 0.00237. The Kier molecular flexibility index (Phi) is 11.7. The van der Waals surface area contributed by atoms with Crippen LogP contribution in [0.15, 0.2) is 127 Å². The normalized spacial score (nSPS) is 10.4. The number of phenolic OH excluding ortho intramolecular Hbond substituents is 2. The highest BCUT2D eigenvalue weighted by atomic mass is 17.2. The Balaban J connectivity index is 0.000000738. The zero-order valence-corrected chi connectivity index (χ0v) is 25.4. The van der Waals surface area contributed by atoms with Gasteiger partial charge in [0.05, 0.1) is 18.2 Å². The van der Waals surface area contributed by atoms with Gasteiger partial charge in [0, 0.05) is 28.3 Å². The number of hydrogen-bond donors (Lipinski definition) is 2. The van der Waals surface area contributed by atoms with E-state index in [-0.39, 0.29) is 34.2 Å². The van der Waals surface area contributed by atoms with Gasteiger partial charge in [-0.1, -0.05) is 86.0 Å². The largest absolute Gasteiger partial charge is 0.507 e. The zero-order chi connectivity index (χ0) is 33.9. The van der Waals surface area contributed by atoms with Crippen LogP contribution in [-0.2, 0) is 34.5 Å². The highest BCUT2D eigenvalue weighted by molar-refractivity contribution is 6.12. The number of hydrogen-bond acceptors (Lipinski definition) is 10. The molecule has 0 atom stereocenters. The number of carbonyl (C=O) groups excluding carboxylic acids is 4. The van der Waals surface area contributed by atoms with E-state index in [0.717, 1.165) is 6.07 Å². The van der Waals surface area contributed by atoms with Crippen molar-refractivity contribution in [1.82, 2.24) is 0 Å². The molecular formula is C36H32O10. The van der Waals surface area contributed by atoms with Crippen molar-refractivity contribution >= 4 is 23.7 Å². The van der Waals surface area contributed by atoms with E-state index >= 15 is 0 Å². The highest BCUT2D eigenvalue weighted by Crippen LogP contribution is 2.37. The lowest BCUT2D eigenvalue weighted by molar-refractivity contribution is -0.318. The maximum absolute atomic E-state index is 13.9. The molecule has 0 unspecified atom stereocenters. The summed E-state index contributed by atoms with van der Waals surface area (Å²) in [5.74, 6) is -3.68. The van der Waals surface area contributed by atoms with E-state index in [0.29, 0.717) is 16.7 Å². The quantitative estimate of drug-likeness (QED) is 0.0541. The van der Waals surface area contributed by atoms with Crippen LogP contribution >= 0.6 is 0 Å². The van der Waals surface area contributed by atoms with Crippen molar-refractivity contribution in [3.8, 4) is 17.2 Å². The lowest BCUT2D eigenvalue weighted by Gasteiger charge is -2.30. The summed E-state index contributed by atoms with van der Waals surface area (Å²) >= 11 is 0. The number of ketones is 1. The summed E-state index contributed by atoms with van der Waals surface area (Å²) < 4.78 is 9.90. The number of methoxy groups -OCH3 is 1. The minimum Gasteiger partial charge on any atom is -0.507 e. The molecule has 0 bridgehead atoms. The monoisotopic (exact) mass is 624 g/mol. The molecule has 2 N–H and O–H groups in total. The average molecular weight is 625 g/mol. The van der Waals surface area contributed by atoms with Crippen LogP contribution in [0.5, 0.6) is 17.2 Å². The van der Waals surface area contributed by atoms with Crippen LogP contribution in [0.2, 0.25) is 0 Å². The molecule has 0 aliphatic heterocycles. The second kappa shape index (κ2) is 15.6. The Hall–Kier alpha value is -6.00. The van der Waals surface area contributed by atoms with Crippen molar-refractivity contribution < 1.29 is 48.6 Å². The van der Waals surface area contributed by atoms with Crippen molar-refractivity contribution in [2.45, 2.75) is 19.4 Å². The maximum atomic E-state index is 13.9. The molecule has 0 aliphatic carbocycles. The lowest BCUT2D eigenvalue weighted by atomic mass is 9.86. The molecule has 0 spiro atoms. The number of aromatic hydroxyl groups is 2. The third-order valence-corrected chi connectivity index (χ3v) is 6.35. The van der Waals surface area contributed by atoms with Gasteiger partial charge in [-0.15, -0.1) is 0 Å². The van der Waals surface area contributed by atoms with Gasteiger partial charge >= 0.3 is 17.9 Å². The fourth-order valence-corrected chi connectivity index (χ4v) is 3.98. The van der Waals surface area contributed by atoms with E-state index in [4.69, 9.17) is 14.5 Å². The first-order chi connectivity index (χ1) is 21.9. The molecule has 4 aromatic rings. The van der Waals surface area contributed by atoms with Gasteiger partial charge in [0.1, 0.15) is 17.2 Å². The Morgan fingerprint density at radius 1 is 0.652 bits per heavy atom. The number of esters is 2. The fraction of sp³-hybridized carbons (Fsp3) is 0.111. The molecule has 4 rings (SSSR count). The molecule has 0 aliphatic rings. The van der Waals surface area contributed by atoms with Crippen LogP contribution in [0.3, 0.4) is 0 Å². The first-order valence-electron chi connectivity index (χ1n) is 13.7. The SMILES string of the molecule is C=C(C)C(=O)OC.C=C(C)C(=O)OOC(C(=O)Oc1ccc(C(=O)c2ccccc2O)c(O)c1)(c1ccccc1)c1ccccc1. The highest BCUT2D eigenvalue weighted by Gasteiger charge is 2.48. The van der Waals surface area contributed by atoms with Crippen molar-refractivity contribution in [3.05, 3.63) is 150 Å². The molecule has 46 heavy (non-hydrogen) atoms.